The number of rotatable bonds is 11. The van der Waals surface area contributed by atoms with Gasteiger partial charge in [-0.1, -0.05) is 31.2 Å². The summed E-state index contributed by atoms with van der Waals surface area (Å²) in [6, 6.07) is 3.91. The van der Waals surface area contributed by atoms with Crippen LogP contribution in [0.4, 0.5) is 19.3 Å². The van der Waals surface area contributed by atoms with Gasteiger partial charge in [-0.15, -0.1) is 0 Å². The molecule has 1 fully saturated rings. The first-order chi connectivity index (χ1) is 17.5. The van der Waals surface area contributed by atoms with Gasteiger partial charge in [0.2, 0.25) is 0 Å². The highest BCUT2D eigenvalue weighted by Crippen LogP contribution is 2.38. The van der Waals surface area contributed by atoms with Crippen LogP contribution >= 0.6 is 11.6 Å². The number of carbonyl (C=O) groups is 1. The molecular formula is C25H31ClF2N4O4Si. The number of carbonyl (C=O) groups excluding carboxylic acids is 1. The smallest absolute Gasteiger partial charge is 0.319 e. The Morgan fingerprint density at radius 1 is 1.24 bits per heavy atom. The van der Waals surface area contributed by atoms with Gasteiger partial charge in [0.05, 0.1) is 22.6 Å². The van der Waals surface area contributed by atoms with Gasteiger partial charge in [0.15, 0.2) is 17.4 Å². The van der Waals surface area contributed by atoms with Crippen LogP contribution in [0.1, 0.15) is 12.8 Å². The number of hydrogen-bond acceptors (Lipinski definition) is 5. The second kappa shape index (κ2) is 10.9. The number of halogens is 3. The average Bonchev–Trinajstić information content (AvgIpc) is 3.47. The molecule has 3 aromatic rings. The van der Waals surface area contributed by atoms with Gasteiger partial charge < -0.3 is 29.4 Å². The molecule has 1 aliphatic rings. The van der Waals surface area contributed by atoms with Crippen LogP contribution in [0.15, 0.2) is 30.6 Å². The van der Waals surface area contributed by atoms with E-state index in [0.29, 0.717) is 29.3 Å². The Bertz CT molecular complexity index is 1270. The number of aromatic nitrogens is 2. The van der Waals surface area contributed by atoms with Gasteiger partial charge in [-0.3, -0.25) is 0 Å². The second-order valence-electron chi connectivity index (χ2n) is 10.5. The van der Waals surface area contributed by atoms with Crippen LogP contribution in [-0.2, 0) is 16.2 Å². The van der Waals surface area contributed by atoms with Crippen molar-refractivity contribution in [3.8, 4) is 11.5 Å². The maximum absolute atomic E-state index is 14.9. The van der Waals surface area contributed by atoms with E-state index in [4.69, 9.17) is 25.8 Å². The molecule has 1 saturated carbocycles. The lowest BCUT2D eigenvalue weighted by molar-refractivity contribution is 0.0899. The Morgan fingerprint density at radius 3 is 2.57 bits per heavy atom. The highest BCUT2D eigenvalue weighted by molar-refractivity contribution is 6.76. The molecule has 0 bridgehead atoms. The monoisotopic (exact) mass is 552 g/mol. The van der Waals surface area contributed by atoms with Crippen molar-refractivity contribution in [2.75, 3.05) is 25.6 Å². The van der Waals surface area contributed by atoms with Gasteiger partial charge in [0, 0.05) is 52.0 Å². The molecule has 2 amide bonds. The van der Waals surface area contributed by atoms with Crippen LogP contribution in [0, 0.1) is 11.6 Å². The van der Waals surface area contributed by atoms with Crippen molar-refractivity contribution < 1.29 is 27.8 Å². The van der Waals surface area contributed by atoms with Crippen LogP contribution in [0.2, 0.25) is 30.7 Å². The summed E-state index contributed by atoms with van der Waals surface area (Å²) in [6.07, 6.45) is 4.67. The van der Waals surface area contributed by atoms with Gasteiger partial charge in [-0.25, -0.2) is 18.6 Å². The first-order valence-electron chi connectivity index (χ1n) is 12.0. The van der Waals surface area contributed by atoms with Crippen molar-refractivity contribution in [3.63, 3.8) is 0 Å². The van der Waals surface area contributed by atoms with E-state index in [0.717, 1.165) is 31.0 Å². The van der Waals surface area contributed by atoms with E-state index >= 15 is 0 Å². The Morgan fingerprint density at radius 2 is 1.95 bits per heavy atom. The molecule has 37 heavy (non-hydrogen) atoms. The molecule has 2 aromatic heterocycles. The van der Waals surface area contributed by atoms with E-state index in [9.17, 15) is 13.6 Å². The lowest BCUT2D eigenvalue weighted by atomic mass is 10.2. The summed E-state index contributed by atoms with van der Waals surface area (Å²) >= 11 is 6.44. The van der Waals surface area contributed by atoms with Crippen LogP contribution in [0.25, 0.3) is 11.0 Å². The minimum absolute atomic E-state index is 0.0485. The predicted octanol–water partition coefficient (Wildman–Crippen LogP) is 6.37. The minimum atomic E-state index is -1.23. The molecule has 0 radical (unpaired) electrons. The molecule has 200 valence electrons. The number of fused-ring (bicyclic) bond motifs is 1. The molecule has 8 nitrogen and oxygen atoms in total. The maximum Gasteiger partial charge on any atom is 0.319 e. The van der Waals surface area contributed by atoms with Gasteiger partial charge >= 0.3 is 6.03 Å². The fourth-order valence-electron chi connectivity index (χ4n) is 3.84. The molecule has 0 aliphatic heterocycles. The number of pyridine rings is 1. The Kier molecular flexibility index (Phi) is 8.07. The first kappa shape index (κ1) is 27.3. The van der Waals surface area contributed by atoms with E-state index in [1.165, 1.54) is 12.3 Å². The Balaban J connectivity index is 1.48. The lowest BCUT2D eigenvalue weighted by Gasteiger charge is -2.17. The number of anilines is 1. The summed E-state index contributed by atoms with van der Waals surface area (Å²) in [6.45, 7) is 8.03. The quantitative estimate of drug-likeness (QED) is 0.213. The number of methoxy groups -OCH3 is 1. The van der Waals surface area contributed by atoms with Crippen molar-refractivity contribution in [3.05, 3.63) is 47.2 Å². The normalized spacial score (nSPS) is 14.6. The average molecular weight is 553 g/mol. The number of benzene rings is 1. The third kappa shape index (κ3) is 6.78. The molecule has 2 heterocycles. The van der Waals surface area contributed by atoms with Crippen LogP contribution < -0.4 is 15.4 Å². The molecule has 1 aromatic carbocycles. The van der Waals surface area contributed by atoms with Gasteiger partial charge in [0.1, 0.15) is 18.1 Å². The number of amides is 2. The molecule has 0 spiro atoms. The third-order valence-electron chi connectivity index (χ3n) is 6.02. The third-order valence-corrected chi connectivity index (χ3v) is 8.01. The molecular weight excluding hydrogens is 522 g/mol. The lowest BCUT2D eigenvalue weighted by Crippen LogP contribution is -2.42. The van der Waals surface area contributed by atoms with Gasteiger partial charge in [-0.05, 0) is 25.0 Å². The summed E-state index contributed by atoms with van der Waals surface area (Å²) in [5, 5.41) is 5.96. The fraction of sp³-hybridized carbons (Fsp3) is 0.440. The topological polar surface area (TPSA) is 86.6 Å². The van der Waals surface area contributed by atoms with Crippen LogP contribution in [-0.4, -0.2) is 49.5 Å². The zero-order valence-corrected chi connectivity index (χ0v) is 23.0. The highest BCUT2D eigenvalue weighted by atomic mass is 35.5. The molecule has 0 atom stereocenters. The van der Waals surface area contributed by atoms with Crippen molar-refractivity contribution >= 4 is 42.4 Å². The highest BCUT2D eigenvalue weighted by Gasteiger charge is 2.44. The number of nitrogens with one attached hydrogen (secondary N) is 2. The van der Waals surface area contributed by atoms with Crippen molar-refractivity contribution in [1.82, 2.24) is 14.9 Å². The van der Waals surface area contributed by atoms with E-state index in [-0.39, 0.29) is 18.2 Å². The zero-order valence-electron chi connectivity index (χ0n) is 21.3. The summed E-state index contributed by atoms with van der Waals surface area (Å²) < 4.78 is 48.1. The summed E-state index contributed by atoms with van der Waals surface area (Å²) in [7, 11) is 0.316. The fourth-order valence-corrected chi connectivity index (χ4v) is 4.89. The second-order valence-corrected chi connectivity index (χ2v) is 16.5. The molecule has 4 rings (SSSR count). The molecule has 0 unspecified atom stereocenters. The minimum Gasteiger partial charge on any atom is -0.450 e. The summed E-state index contributed by atoms with van der Waals surface area (Å²) in [5.41, 5.74) is -0.00953. The Labute approximate surface area is 220 Å². The number of hydrogen-bond donors (Lipinski definition) is 2. The molecule has 0 saturated heterocycles. The molecule has 1 aliphatic carbocycles. The van der Waals surface area contributed by atoms with E-state index in [1.54, 1.807) is 17.9 Å². The van der Waals surface area contributed by atoms with E-state index < -0.39 is 37.0 Å². The SMILES string of the molecule is COCC1(NC(=O)Nc2cc(F)c(Oc3ccnc4c3c(Cl)cn4COCC[Si](C)(C)C)c(F)c2)CC1. The summed E-state index contributed by atoms with van der Waals surface area (Å²) in [4.78, 5) is 16.6. The van der Waals surface area contributed by atoms with Crippen molar-refractivity contribution in [2.45, 2.75) is 50.8 Å². The summed E-state index contributed by atoms with van der Waals surface area (Å²) in [5.74, 6) is -2.44. The van der Waals surface area contributed by atoms with Gasteiger partial charge in [0.25, 0.3) is 0 Å². The number of nitrogens with zero attached hydrogens (tertiary/aromatic N) is 2. The van der Waals surface area contributed by atoms with Gasteiger partial charge in [-0.2, -0.15) is 0 Å². The standard InChI is InChI=1S/C25H31ClF2N4O4Si/c1-34-14-25(6-7-25)31-24(33)30-16-11-18(27)22(19(28)12-16)36-20-5-8-29-23-21(20)17(26)13-32(23)15-35-9-10-37(2,3)4/h5,8,11-13H,6-7,9-10,14-15H2,1-4H3,(H2,30,31,33). The largest absolute Gasteiger partial charge is 0.450 e. The van der Waals surface area contributed by atoms with Crippen LogP contribution in [0.5, 0.6) is 11.5 Å². The zero-order chi connectivity index (χ0) is 26.8. The van der Waals surface area contributed by atoms with E-state index in [1.807, 2.05) is 0 Å². The maximum atomic E-state index is 14.9. The molecule has 2 N–H and O–H groups in total. The van der Waals surface area contributed by atoms with Crippen molar-refractivity contribution in [2.24, 2.45) is 0 Å². The Hall–Kier alpha value is -2.73. The number of ether oxygens (including phenoxy) is 3. The molecule has 12 heteroatoms. The number of urea groups is 1. The van der Waals surface area contributed by atoms with E-state index in [2.05, 4.69) is 35.3 Å². The van der Waals surface area contributed by atoms with Crippen LogP contribution in [0.3, 0.4) is 0 Å². The first-order valence-corrected chi connectivity index (χ1v) is 16.0. The van der Waals surface area contributed by atoms with Crippen molar-refractivity contribution in [1.29, 1.82) is 0 Å². The predicted molar refractivity (Wildman–Crippen MR) is 141 cm³/mol.